The third-order valence-electron chi connectivity index (χ3n) is 4.63. The van der Waals surface area contributed by atoms with Crippen molar-refractivity contribution in [3.63, 3.8) is 0 Å². The summed E-state index contributed by atoms with van der Waals surface area (Å²) in [6.07, 6.45) is 4.93. The van der Waals surface area contributed by atoms with E-state index >= 15 is 0 Å². The molecule has 2 aromatic rings. The Morgan fingerprint density at radius 2 is 1.38 bits per heavy atom. The van der Waals surface area contributed by atoms with Crippen LogP contribution in [0, 0.1) is 0 Å². The van der Waals surface area contributed by atoms with Crippen LogP contribution in [0.3, 0.4) is 0 Å². The third kappa shape index (κ3) is 11.1. The summed E-state index contributed by atoms with van der Waals surface area (Å²) in [5.74, 6) is -0.971. The van der Waals surface area contributed by atoms with Crippen molar-refractivity contribution in [2.45, 2.75) is 19.3 Å². The number of benzene rings is 2. The van der Waals surface area contributed by atoms with E-state index in [9.17, 15) is 19.2 Å². The average Bonchev–Trinajstić information content (AvgIpc) is 2.90. The topological polar surface area (TPSA) is 114 Å². The Morgan fingerprint density at radius 3 is 2.00 bits per heavy atom. The van der Waals surface area contributed by atoms with Gasteiger partial charge in [-0.05, 0) is 60.9 Å². The van der Waals surface area contributed by atoms with Gasteiger partial charge in [0, 0.05) is 17.7 Å². The zero-order valence-corrected chi connectivity index (χ0v) is 20.5. The van der Waals surface area contributed by atoms with Crippen LogP contribution in [0.5, 0.6) is 17.2 Å². The van der Waals surface area contributed by atoms with Gasteiger partial charge < -0.3 is 23.7 Å². The highest BCUT2D eigenvalue weighted by atomic mass is 16.5. The molecule has 9 nitrogen and oxygen atoms in total. The SMILES string of the molecule is C=CC(=O)Oc1ccc(/C=C/C(=O)Oc2ccc(OCCCCOC(=O)C(=C)CC(=O)OC)cc2)cc1. The number of methoxy groups -OCH3 is 1. The zero-order chi connectivity index (χ0) is 27.0. The maximum Gasteiger partial charge on any atom is 0.336 e. The van der Waals surface area contributed by atoms with Crippen LogP contribution in [0.4, 0.5) is 0 Å². The van der Waals surface area contributed by atoms with E-state index in [1.54, 1.807) is 54.6 Å². The first-order chi connectivity index (χ1) is 17.8. The maximum absolute atomic E-state index is 12.1. The van der Waals surface area contributed by atoms with Gasteiger partial charge in [-0.1, -0.05) is 25.3 Å². The molecule has 0 N–H and O–H groups in total. The fourth-order valence-electron chi connectivity index (χ4n) is 2.70. The number of ether oxygens (including phenoxy) is 5. The van der Waals surface area contributed by atoms with Crippen LogP contribution in [0.25, 0.3) is 6.08 Å². The van der Waals surface area contributed by atoms with Crippen molar-refractivity contribution in [1.82, 2.24) is 0 Å². The lowest BCUT2D eigenvalue weighted by Gasteiger charge is -2.08. The monoisotopic (exact) mass is 508 g/mol. The van der Waals surface area contributed by atoms with Gasteiger partial charge >= 0.3 is 23.9 Å². The lowest BCUT2D eigenvalue weighted by Crippen LogP contribution is -2.13. The number of unbranched alkanes of at least 4 members (excludes halogenated alkanes) is 1. The Bertz CT molecular complexity index is 1130. The number of carbonyl (C=O) groups excluding carboxylic acids is 4. The molecule has 0 saturated carbocycles. The van der Waals surface area contributed by atoms with Crippen molar-refractivity contribution in [2.75, 3.05) is 20.3 Å². The van der Waals surface area contributed by atoms with Crippen molar-refractivity contribution in [3.05, 3.63) is 85.0 Å². The van der Waals surface area contributed by atoms with Gasteiger partial charge in [-0.25, -0.2) is 14.4 Å². The summed E-state index contributed by atoms with van der Waals surface area (Å²) in [5.41, 5.74) is 0.766. The van der Waals surface area contributed by atoms with Crippen LogP contribution in [0.15, 0.2) is 79.4 Å². The van der Waals surface area contributed by atoms with Gasteiger partial charge in [0.1, 0.15) is 17.2 Å². The molecule has 0 saturated heterocycles. The predicted octanol–water partition coefficient (Wildman–Crippen LogP) is 4.22. The first-order valence-electron chi connectivity index (χ1n) is 11.3. The molecule has 0 unspecified atom stereocenters. The van der Waals surface area contributed by atoms with Crippen molar-refractivity contribution in [3.8, 4) is 17.2 Å². The van der Waals surface area contributed by atoms with Crippen molar-refractivity contribution in [1.29, 1.82) is 0 Å². The summed E-state index contributed by atoms with van der Waals surface area (Å²) in [7, 11) is 1.23. The molecule has 9 heteroatoms. The summed E-state index contributed by atoms with van der Waals surface area (Å²) in [5, 5.41) is 0. The molecule has 0 atom stereocenters. The first kappa shape index (κ1) is 28.6. The Labute approximate surface area is 214 Å². The van der Waals surface area contributed by atoms with E-state index in [4.69, 9.17) is 18.9 Å². The highest BCUT2D eigenvalue weighted by Gasteiger charge is 2.13. The lowest BCUT2D eigenvalue weighted by molar-refractivity contribution is -0.144. The Hall–Kier alpha value is -4.66. The smallest absolute Gasteiger partial charge is 0.336 e. The van der Waals surface area contributed by atoms with Gasteiger partial charge in [0.25, 0.3) is 0 Å². The van der Waals surface area contributed by atoms with Crippen LogP contribution in [-0.4, -0.2) is 44.2 Å². The van der Waals surface area contributed by atoms with Gasteiger partial charge in [0.05, 0.1) is 26.7 Å². The van der Waals surface area contributed by atoms with Crippen LogP contribution in [0.1, 0.15) is 24.8 Å². The van der Waals surface area contributed by atoms with Gasteiger partial charge in [0.2, 0.25) is 0 Å². The predicted molar refractivity (Wildman–Crippen MR) is 135 cm³/mol. The second-order valence-corrected chi connectivity index (χ2v) is 7.47. The van der Waals surface area contributed by atoms with E-state index in [0.717, 1.165) is 11.6 Å². The van der Waals surface area contributed by atoms with Crippen molar-refractivity contribution >= 4 is 30.0 Å². The molecule has 0 spiro atoms. The van der Waals surface area contributed by atoms with Crippen LogP contribution in [0.2, 0.25) is 0 Å². The normalized spacial score (nSPS) is 10.3. The first-order valence-corrected chi connectivity index (χ1v) is 11.3. The largest absolute Gasteiger partial charge is 0.494 e. The van der Waals surface area contributed by atoms with Crippen molar-refractivity contribution < 1.29 is 42.9 Å². The third-order valence-corrected chi connectivity index (χ3v) is 4.63. The standard InChI is InChI=1S/C28H28O9/c1-4-25(29)36-23-10-7-21(8-11-23)9-16-26(30)37-24-14-12-22(13-15-24)34-17-5-6-18-35-28(32)20(2)19-27(31)33-3/h4,7-16H,1-2,5-6,17-19H2,3H3/b16-9+. The molecule has 0 heterocycles. The number of rotatable bonds is 14. The Kier molecular flexibility index (Phi) is 11.9. The molecule has 2 aromatic carbocycles. The minimum Gasteiger partial charge on any atom is -0.494 e. The van der Waals surface area contributed by atoms with Gasteiger partial charge in [-0.15, -0.1) is 0 Å². The molecule has 194 valence electrons. The van der Waals surface area contributed by atoms with E-state index in [1.165, 1.54) is 13.2 Å². The highest BCUT2D eigenvalue weighted by Crippen LogP contribution is 2.19. The number of esters is 4. The van der Waals surface area contributed by atoms with Crippen LogP contribution >= 0.6 is 0 Å². The van der Waals surface area contributed by atoms with E-state index in [1.807, 2.05) is 0 Å². The van der Waals surface area contributed by atoms with Gasteiger partial charge in [0.15, 0.2) is 0 Å². The molecule has 37 heavy (non-hydrogen) atoms. The average molecular weight is 509 g/mol. The van der Waals surface area contributed by atoms with Crippen LogP contribution < -0.4 is 14.2 Å². The molecular formula is C28H28O9. The summed E-state index contributed by atoms with van der Waals surface area (Å²) >= 11 is 0. The second-order valence-electron chi connectivity index (χ2n) is 7.47. The Balaban J connectivity index is 1.66. The van der Waals surface area contributed by atoms with Gasteiger partial charge in [-0.3, -0.25) is 4.79 Å². The Morgan fingerprint density at radius 1 is 0.811 bits per heavy atom. The molecule has 2 rings (SSSR count). The summed E-state index contributed by atoms with van der Waals surface area (Å²) in [6.45, 7) is 7.42. The molecule has 0 radical (unpaired) electrons. The molecule has 0 aliphatic carbocycles. The fraction of sp³-hybridized carbons (Fsp3) is 0.214. The molecule has 0 aromatic heterocycles. The molecule has 0 amide bonds. The number of carbonyl (C=O) groups is 4. The summed E-state index contributed by atoms with van der Waals surface area (Å²) in [6, 6.07) is 13.1. The molecule has 0 aliphatic heterocycles. The number of hydrogen-bond donors (Lipinski definition) is 0. The maximum atomic E-state index is 12.1. The molecule has 0 fully saturated rings. The van der Waals surface area contributed by atoms with E-state index in [0.29, 0.717) is 36.7 Å². The van der Waals surface area contributed by atoms with Crippen LogP contribution in [-0.2, 0) is 28.7 Å². The van der Waals surface area contributed by atoms with E-state index in [2.05, 4.69) is 17.9 Å². The second kappa shape index (κ2) is 15.4. The van der Waals surface area contributed by atoms with E-state index in [-0.39, 0.29) is 18.6 Å². The number of hydrogen-bond acceptors (Lipinski definition) is 9. The summed E-state index contributed by atoms with van der Waals surface area (Å²) < 4.78 is 25.4. The lowest BCUT2D eigenvalue weighted by atomic mass is 10.2. The highest BCUT2D eigenvalue weighted by molar-refractivity contribution is 5.93. The fourth-order valence-corrected chi connectivity index (χ4v) is 2.70. The summed E-state index contributed by atoms with van der Waals surface area (Å²) in [4.78, 5) is 46.1. The molecule has 0 aliphatic rings. The quantitative estimate of drug-likeness (QED) is 0.160. The minimum atomic E-state index is -0.629. The zero-order valence-electron chi connectivity index (χ0n) is 20.5. The van der Waals surface area contributed by atoms with Gasteiger partial charge in [-0.2, -0.15) is 0 Å². The molecular weight excluding hydrogens is 480 g/mol. The molecule has 0 bridgehead atoms. The minimum absolute atomic E-state index is 0.0433. The van der Waals surface area contributed by atoms with Crippen molar-refractivity contribution in [2.24, 2.45) is 0 Å². The van der Waals surface area contributed by atoms with E-state index < -0.39 is 23.9 Å².